The Balaban J connectivity index is 1.89. The molecule has 0 radical (unpaired) electrons. The van der Waals surface area contributed by atoms with E-state index in [2.05, 4.69) is 15.2 Å². The average molecular weight is 340 g/mol. The topological polar surface area (TPSA) is 106 Å². The van der Waals surface area contributed by atoms with Gasteiger partial charge in [-0.2, -0.15) is 5.10 Å². The third-order valence-electron chi connectivity index (χ3n) is 3.75. The van der Waals surface area contributed by atoms with Crippen molar-refractivity contribution in [3.63, 3.8) is 0 Å². The Kier molecular flexibility index (Phi) is 4.85. The quantitative estimate of drug-likeness (QED) is 0.637. The van der Waals surface area contributed by atoms with E-state index in [1.807, 2.05) is 31.2 Å². The maximum Gasteiger partial charge on any atom is 0.181 e. The lowest BCUT2D eigenvalue weighted by Crippen LogP contribution is -2.14. The van der Waals surface area contributed by atoms with Crippen LogP contribution in [0, 0.1) is 0 Å². The van der Waals surface area contributed by atoms with Crippen LogP contribution in [0.25, 0.3) is 11.4 Å². The van der Waals surface area contributed by atoms with Crippen molar-refractivity contribution in [2.75, 3.05) is 13.7 Å². The van der Waals surface area contributed by atoms with Gasteiger partial charge in [0.25, 0.3) is 0 Å². The number of ether oxygens (including phenoxy) is 2. The van der Waals surface area contributed by atoms with Gasteiger partial charge in [0.15, 0.2) is 17.3 Å². The normalized spacial score (nSPS) is 12.0. The third kappa shape index (κ3) is 3.56. The summed E-state index contributed by atoms with van der Waals surface area (Å²) in [6.45, 7) is 2.43. The second-order valence-corrected chi connectivity index (χ2v) is 5.42. The molecule has 0 amide bonds. The van der Waals surface area contributed by atoms with Gasteiger partial charge < -0.3 is 20.3 Å². The number of phenolic OH excluding ortho intramolecular Hbond substituents is 1. The van der Waals surface area contributed by atoms with Crippen molar-refractivity contribution in [2.24, 2.45) is 5.73 Å². The van der Waals surface area contributed by atoms with E-state index >= 15 is 0 Å². The number of hydrogen-bond donors (Lipinski definition) is 3. The molecule has 3 aromatic rings. The standard InChI is InChI=1S/C18H20N4O3/c1-3-25-15-10-11(7-8-14(15)24-2)16(19)18-20-17(21-22-18)12-5-4-6-13(23)9-12/h4-10,16,23H,3,19H2,1-2H3,(H,20,21,22). The molecule has 2 aromatic carbocycles. The van der Waals surface area contributed by atoms with E-state index in [-0.39, 0.29) is 5.75 Å². The van der Waals surface area contributed by atoms with Crippen LogP contribution in [0.15, 0.2) is 42.5 Å². The fourth-order valence-electron chi connectivity index (χ4n) is 2.50. The van der Waals surface area contributed by atoms with E-state index in [9.17, 15) is 5.11 Å². The molecule has 130 valence electrons. The van der Waals surface area contributed by atoms with Gasteiger partial charge in [0, 0.05) is 5.56 Å². The number of aromatic amines is 1. The van der Waals surface area contributed by atoms with Crippen molar-refractivity contribution >= 4 is 0 Å². The lowest BCUT2D eigenvalue weighted by Gasteiger charge is -2.14. The summed E-state index contributed by atoms with van der Waals surface area (Å²) in [7, 11) is 1.59. The van der Waals surface area contributed by atoms with E-state index < -0.39 is 6.04 Å². The van der Waals surface area contributed by atoms with Gasteiger partial charge in [0.05, 0.1) is 19.8 Å². The average Bonchev–Trinajstić information content (AvgIpc) is 3.11. The fraction of sp³-hybridized carbons (Fsp3) is 0.222. The van der Waals surface area contributed by atoms with E-state index in [0.29, 0.717) is 35.3 Å². The molecular weight excluding hydrogens is 320 g/mol. The van der Waals surface area contributed by atoms with E-state index in [4.69, 9.17) is 15.2 Å². The maximum absolute atomic E-state index is 9.58. The number of benzene rings is 2. The molecule has 0 spiro atoms. The zero-order valence-electron chi connectivity index (χ0n) is 14.1. The summed E-state index contributed by atoms with van der Waals surface area (Å²) in [4.78, 5) is 4.44. The first kappa shape index (κ1) is 16.8. The molecule has 0 saturated heterocycles. The first-order chi connectivity index (χ1) is 12.1. The summed E-state index contributed by atoms with van der Waals surface area (Å²) in [6.07, 6.45) is 0. The van der Waals surface area contributed by atoms with Crippen molar-refractivity contribution in [3.05, 3.63) is 53.9 Å². The van der Waals surface area contributed by atoms with Crippen LogP contribution in [0.2, 0.25) is 0 Å². The first-order valence-corrected chi connectivity index (χ1v) is 7.90. The Morgan fingerprint density at radius 1 is 1.20 bits per heavy atom. The Morgan fingerprint density at radius 2 is 2.04 bits per heavy atom. The summed E-state index contributed by atoms with van der Waals surface area (Å²) in [5.74, 6) is 2.43. The number of methoxy groups -OCH3 is 1. The van der Waals surface area contributed by atoms with Gasteiger partial charge in [0.1, 0.15) is 11.6 Å². The number of aromatic hydroxyl groups is 1. The largest absolute Gasteiger partial charge is 0.508 e. The highest BCUT2D eigenvalue weighted by atomic mass is 16.5. The van der Waals surface area contributed by atoms with E-state index in [1.165, 1.54) is 0 Å². The molecule has 0 saturated carbocycles. The van der Waals surface area contributed by atoms with Gasteiger partial charge in [-0.15, -0.1) is 0 Å². The molecule has 0 aliphatic carbocycles. The van der Waals surface area contributed by atoms with Crippen LogP contribution in [0.3, 0.4) is 0 Å². The molecule has 4 N–H and O–H groups in total. The van der Waals surface area contributed by atoms with Gasteiger partial charge in [-0.05, 0) is 36.8 Å². The SMILES string of the molecule is CCOc1cc(C(N)c2nc(-c3cccc(O)c3)n[nH]2)ccc1OC. The minimum atomic E-state index is -0.497. The maximum atomic E-state index is 9.58. The van der Waals surface area contributed by atoms with Crippen LogP contribution in [0.5, 0.6) is 17.2 Å². The Hall–Kier alpha value is -3.06. The molecule has 0 bridgehead atoms. The van der Waals surface area contributed by atoms with Gasteiger partial charge in [-0.1, -0.05) is 18.2 Å². The Morgan fingerprint density at radius 3 is 2.76 bits per heavy atom. The summed E-state index contributed by atoms with van der Waals surface area (Å²) in [6, 6.07) is 11.8. The van der Waals surface area contributed by atoms with Gasteiger partial charge in [-0.25, -0.2) is 4.98 Å². The van der Waals surface area contributed by atoms with E-state index in [0.717, 1.165) is 5.56 Å². The Labute approximate surface area is 145 Å². The number of nitrogens with one attached hydrogen (secondary N) is 1. The van der Waals surface area contributed by atoms with Crippen LogP contribution in [-0.4, -0.2) is 34.0 Å². The van der Waals surface area contributed by atoms with Crippen molar-refractivity contribution in [1.82, 2.24) is 15.2 Å². The summed E-state index contributed by atoms with van der Waals surface area (Å²) >= 11 is 0. The van der Waals surface area contributed by atoms with Crippen molar-refractivity contribution in [3.8, 4) is 28.6 Å². The zero-order valence-corrected chi connectivity index (χ0v) is 14.1. The summed E-state index contributed by atoms with van der Waals surface area (Å²) < 4.78 is 10.9. The molecule has 0 aliphatic heterocycles. The number of phenols is 1. The molecule has 7 nitrogen and oxygen atoms in total. The van der Waals surface area contributed by atoms with Gasteiger partial charge >= 0.3 is 0 Å². The Bertz CT molecular complexity index is 863. The van der Waals surface area contributed by atoms with Crippen LogP contribution in [0.4, 0.5) is 0 Å². The fourth-order valence-corrected chi connectivity index (χ4v) is 2.50. The minimum Gasteiger partial charge on any atom is -0.508 e. The highest BCUT2D eigenvalue weighted by molar-refractivity contribution is 5.57. The molecule has 1 atom stereocenters. The minimum absolute atomic E-state index is 0.157. The predicted octanol–water partition coefficient (Wildman–Crippen LogP) is 2.63. The molecule has 0 aliphatic rings. The van der Waals surface area contributed by atoms with E-state index in [1.54, 1.807) is 25.3 Å². The number of H-pyrrole nitrogens is 1. The van der Waals surface area contributed by atoms with Crippen LogP contribution in [0.1, 0.15) is 24.4 Å². The summed E-state index contributed by atoms with van der Waals surface area (Å²) in [5.41, 5.74) is 7.84. The molecule has 1 aromatic heterocycles. The monoisotopic (exact) mass is 340 g/mol. The van der Waals surface area contributed by atoms with Crippen molar-refractivity contribution < 1.29 is 14.6 Å². The second kappa shape index (κ2) is 7.23. The van der Waals surface area contributed by atoms with Gasteiger partial charge in [0.2, 0.25) is 0 Å². The first-order valence-electron chi connectivity index (χ1n) is 7.90. The molecule has 7 heteroatoms. The smallest absolute Gasteiger partial charge is 0.181 e. The molecule has 3 rings (SSSR count). The van der Waals surface area contributed by atoms with Crippen LogP contribution < -0.4 is 15.2 Å². The highest BCUT2D eigenvalue weighted by Gasteiger charge is 2.17. The zero-order chi connectivity index (χ0) is 17.8. The second-order valence-electron chi connectivity index (χ2n) is 5.42. The predicted molar refractivity (Wildman–Crippen MR) is 93.7 cm³/mol. The number of rotatable bonds is 6. The molecule has 1 heterocycles. The lowest BCUT2D eigenvalue weighted by atomic mass is 10.1. The summed E-state index contributed by atoms with van der Waals surface area (Å²) in [5, 5.41) is 16.6. The third-order valence-corrected chi connectivity index (χ3v) is 3.75. The molecular formula is C18H20N4O3. The van der Waals surface area contributed by atoms with Gasteiger partial charge in [-0.3, -0.25) is 5.10 Å². The van der Waals surface area contributed by atoms with Crippen molar-refractivity contribution in [2.45, 2.75) is 13.0 Å². The lowest BCUT2D eigenvalue weighted by molar-refractivity contribution is 0.310. The molecule has 0 fully saturated rings. The number of hydrogen-bond acceptors (Lipinski definition) is 6. The van der Waals surface area contributed by atoms with Crippen LogP contribution >= 0.6 is 0 Å². The molecule has 25 heavy (non-hydrogen) atoms. The number of nitrogens with zero attached hydrogens (tertiary/aromatic N) is 2. The number of aromatic nitrogens is 3. The highest BCUT2D eigenvalue weighted by Crippen LogP contribution is 2.31. The molecule has 1 unspecified atom stereocenters. The van der Waals surface area contributed by atoms with Crippen molar-refractivity contribution in [1.29, 1.82) is 0 Å². The van der Waals surface area contributed by atoms with Crippen LogP contribution in [-0.2, 0) is 0 Å². The number of nitrogens with two attached hydrogens (primary N) is 1.